The van der Waals surface area contributed by atoms with Crippen molar-refractivity contribution >= 4 is 9.84 Å². The van der Waals surface area contributed by atoms with E-state index in [0.29, 0.717) is 11.4 Å². The summed E-state index contributed by atoms with van der Waals surface area (Å²) in [6, 6.07) is 7.86. The standard InChI is InChI=1S/C12H13N5O2S/c13-7-10-2-1-3-11(6-10)20(18,19)5-4-17-9-15-12(8-14)16-17/h1-3,6,9H,4-5,8,14H2. The maximum atomic E-state index is 12.2. The molecule has 0 atom stereocenters. The molecule has 0 fully saturated rings. The molecule has 2 aromatic rings. The van der Waals surface area contributed by atoms with Crippen LogP contribution in [0.25, 0.3) is 0 Å². The van der Waals surface area contributed by atoms with Gasteiger partial charge in [-0.3, -0.25) is 4.68 Å². The normalized spacial score (nSPS) is 11.2. The summed E-state index contributed by atoms with van der Waals surface area (Å²) in [5, 5.41) is 12.8. The number of aromatic nitrogens is 3. The van der Waals surface area contributed by atoms with Gasteiger partial charge in [0.05, 0.1) is 35.4 Å². The van der Waals surface area contributed by atoms with Crippen LogP contribution in [0.5, 0.6) is 0 Å². The Hall–Kier alpha value is -2.24. The van der Waals surface area contributed by atoms with Crippen LogP contribution in [0, 0.1) is 11.3 Å². The number of nitrogens with two attached hydrogens (primary N) is 1. The van der Waals surface area contributed by atoms with Crippen molar-refractivity contribution in [3.63, 3.8) is 0 Å². The van der Waals surface area contributed by atoms with E-state index in [9.17, 15) is 8.42 Å². The molecule has 2 rings (SSSR count). The molecule has 1 aromatic carbocycles. The summed E-state index contributed by atoms with van der Waals surface area (Å²) in [5.41, 5.74) is 5.70. The van der Waals surface area contributed by atoms with E-state index in [4.69, 9.17) is 11.0 Å². The topological polar surface area (TPSA) is 115 Å². The van der Waals surface area contributed by atoms with E-state index in [1.165, 1.54) is 23.1 Å². The molecule has 0 radical (unpaired) electrons. The summed E-state index contributed by atoms with van der Waals surface area (Å²) in [6.07, 6.45) is 1.45. The Morgan fingerprint density at radius 3 is 2.85 bits per heavy atom. The Labute approximate surface area is 116 Å². The maximum Gasteiger partial charge on any atom is 0.180 e. The number of aryl methyl sites for hydroxylation is 1. The predicted molar refractivity (Wildman–Crippen MR) is 71.1 cm³/mol. The Morgan fingerprint density at radius 2 is 2.20 bits per heavy atom. The average molecular weight is 291 g/mol. The van der Waals surface area contributed by atoms with Crippen LogP contribution in [0.3, 0.4) is 0 Å². The van der Waals surface area contributed by atoms with Crippen LogP contribution >= 0.6 is 0 Å². The summed E-state index contributed by atoms with van der Waals surface area (Å²) in [7, 11) is -3.46. The van der Waals surface area contributed by atoms with Gasteiger partial charge in [0.25, 0.3) is 0 Å². The van der Waals surface area contributed by atoms with Gasteiger partial charge in [-0.25, -0.2) is 13.4 Å². The predicted octanol–water partition coefficient (Wildman–Crippen LogP) is 0.0824. The molecule has 1 aromatic heterocycles. The van der Waals surface area contributed by atoms with Gasteiger partial charge in [0.1, 0.15) is 6.33 Å². The number of hydrogen-bond donors (Lipinski definition) is 1. The highest BCUT2D eigenvalue weighted by atomic mass is 32.2. The molecule has 104 valence electrons. The summed E-state index contributed by atoms with van der Waals surface area (Å²) in [5.74, 6) is 0.351. The minimum Gasteiger partial charge on any atom is -0.324 e. The highest BCUT2D eigenvalue weighted by molar-refractivity contribution is 7.91. The Kier molecular flexibility index (Phi) is 4.12. The number of nitrogens with zero attached hydrogens (tertiary/aromatic N) is 4. The lowest BCUT2D eigenvalue weighted by molar-refractivity contribution is 0.579. The molecule has 0 spiro atoms. The van der Waals surface area contributed by atoms with Crippen LogP contribution in [-0.2, 0) is 22.9 Å². The van der Waals surface area contributed by atoms with Crippen LogP contribution in [0.1, 0.15) is 11.4 Å². The van der Waals surface area contributed by atoms with Gasteiger partial charge in [0, 0.05) is 0 Å². The van der Waals surface area contributed by atoms with Crippen LogP contribution in [0.2, 0.25) is 0 Å². The Bertz CT molecular complexity index is 745. The van der Waals surface area contributed by atoms with Crippen molar-refractivity contribution in [1.82, 2.24) is 14.8 Å². The molecule has 0 aliphatic heterocycles. The monoisotopic (exact) mass is 291 g/mol. The molecule has 0 amide bonds. The van der Waals surface area contributed by atoms with Gasteiger partial charge in [-0.15, -0.1) is 0 Å². The summed E-state index contributed by atoms with van der Waals surface area (Å²) in [6.45, 7) is 0.399. The first-order valence-corrected chi connectivity index (χ1v) is 7.52. The van der Waals surface area contributed by atoms with Gasteiger partial charge in [-0.2, -0.15) is 10.4 Å². The van der Waals surface area contributed by atoms with E-state index in [-0.39, 0.29) is 23.7 Å². The van der Waals surface area contributed by atoms with E-state index in [1.807, 2.05) is 6.07 Å². The van der Waals surface area contributed by atoms with Crippen molar-refractivity contribution in [2.75, 3.05) is 5.75 Å². The van der Waals surface area contributed by atoms with Gasteiger partial charge in [0.2, 0.25) is 0 Å². The molecule has 0 saturated carbocycles. The molecule has 0 aliphatic rings. The minimum absolute atomic E-state index is 0.116. The third-order valence-electron chi connectivity index (χ3n) is 2.68. The van der Waals surface area contributed by atoms with Gasteiger partial charge >= 0.3 is 0 Å². The highest BCUT2D eigenvalue weighted by Crippen LogP contribution is 2.13. The fraction of sp³-hybridized carbons (Fsp3) is 0.250. The zero-order valence-corrected chi connectivity index (χ0v) is 11.4. The molecular formula is C12H13N5O2S. The molecule has 0 saturated heterocycles. The van der Waals surface area contributed by atoms with Gasteiger partial charge in [0.15, 0.2) is 15.7 Å². The van der Waals surface area contributed by atoms with Gasteiger partial charge in [-0.1, -0.05) is 6.07 Å². The van der Waals surface area contributed by atoms with Crippen molar-refractivity contribution in [1.29, 1.82) is 5.26 Å². The lowest BCUT2D eigenvalue weighted by Gasteiger charge is -2.04. The average Bonchev–Trinajstić information content (AvgIpc) is 2.93. The minimum atomic E-state index is -3.46. The summed E-state index contributed by atoms with van der Waals surface area (Å²) in [4.78, 5) is 4.06. The van der Waals surface area contributed by atoms with Crippen molar-refractivity contribution in [2.24, 2.45) is 5.73 Å². The SMILES string of the molecule is N#Cc1cccc(S(=O)(=O)CCn2cnc(CN)n2)c1. The third-order valence-corrected chi connectivity index (χ3v) is 4.37. The quantitative estimate of drug-likeness (QED) is 0.834. The Morgan fingerprint density at radius 1 is 1.40 bits per heavy atom. The largest absolute Gasteiger partial charge is 0.324 e. The Balaban J connectivity index is 2.13. The van der Waals surface area contributed by atoms with E-state index >= 15 is 0 Å². The fourth-order valence-corrected chi connectivity index (χ4v) is 2.88. The first-order chi connectivity index (χ1) is 9.55. The molecule has 0 unspecified atom stereocenters. The van der Waals surface area contributed by atoms with Crippen molar-refractivity contribution in [3.8, 4) is 6.07 Å². The van der Waals surface area contributed by atoms with Crippen LogP contribution in [0.15, 0.2) is 35.5 Å². The number of sulfone groups is 1. The molecule has 0 bridgehead atoms. The van der Waals surface area contributed by atoms with Crippen molar-refractivity contribution < 1.29 is 8.42 Å². The molecule has 1 heterocycles. The fourth-order valence-electron chi connectivity index (χ4n) is 1.63. The zero-order valence-electron chi connectivity index (χ0n) is 10.6. The first-order valence-electron chi connectivity index (χ1n) is 5.86. The van der Waals surface area contributed by atoms with Crippen molar-refractivity contribution in [3.05, 3.63) is 42.0 Å². The van der Waals surface area contributed by atoms with E-state index in [1.54, 1.807) is 12.1 Å². The molecular weight excluding hydrogens is 278 g/mol. The van der Waals surface area contributed by atoms with Gasteiger partial charge in [-0.05, 0) is 18.2 Å². The number of benzene rings is 1. The molecule has 0 aliphatic carbocycles. The number of rotatable bonds is 5. The summed E-state index contributed by atoms with van der Waals surface area (Å²) < 4.78 is 25.7. The maximum absolute atomic E-state index is 12.2. The highest BCUT2D eigenvalue weighted by Gasteiger charge is 2.15. The van der Waals surface area contributed by atoms with E-state index in [0.717, 1.165) is 0 Å². The molecule has 7 nitrogen and oxygen atoms in total. The smallest absolute Gasteiger partial charge is 0.180 e. The number of hydrogen-bond acceptors (Lipinski definition) is 6. The second-order valence-electron chi connectivity index (χ2n) is 4.09. The van der Waals surface area contributed by atoms with Crippen LogP contribution < -0.4 is 5.73 Å². The van der Waals surface area contributed by atoms with Crippen LogP contribution in [-0.4, -0.2) is 28.9 Å². The third kappa shape index (κ3) is 3.20. The lowest BCUT2D eigenvalue weighted by Crippen LogP contribution is -2.14. The van der Waals surface area contributed by atoms with E-state index in [2.05, 4.69) is 10.1 Å². The molecule has 2 N–H and O–H groups in total. The van der Waals surface area contributed by atoms with Crippen molar-refractivity contribution in [2.45, 2.75) is 18.0 Å². The first kappa shape index (κ1) is 14.2. The lowest BCUT2D eigenvalue weighted by atomic mass is 10.2. The number of nitriles is 1. The molecule has 20 heavy (non-hydrogen) atoms. The molecule has 8 heteroatoms. The van der Waals surface area contributed by atoms with E-state index < -0.39 is 9.84 Å². The second-order valence-corrected chi connectivity index (χ2v) is 6.20. The van der Waals surface area contributed by atoms with Crippen LogP contribution in [0.4, 0.5) is 0 Å². The zero-order chi connectivity index (χ0) is 14.6. The summed E-state index contributed by atoms with van der Waals surface area (Å²) >= 11 is 0. The second kappa shape index (κ2) is 5.81. The van der Waals surface area contributed by atoms with Gasteiger partial charge < -0.3 is 5.73 Å².